The van der Waals surface area contributed by atoms with E-state index in [4.69, 9.17) is 23.1 Å². The first-order chi connectivity index (χ1) is 6.02. The number of aliphatic hydroxyl groups excluding tert-OH is 1. The van der Waals surface area contributed by atoms with E-state index in [1.165, 1.54) is 0 Å². The van der Waals surface area contributed by atoms with Gasteiger partial charge in [0.1, 0.15) is 0 Å². The average Bonchev–Trinajstić information content (AvgIpc) is 2.08. The second-order valence-electron chi connectivity index (χ2n) is 3.04. The number of rotatable bonds is 2. The number of hydrogen-bond donors (Lipinski definition) is 3. The van der Waals surface area contributed by atoms with Crippen molar-refractivity contribution in [3.63, 3.8) is 0 Å². The smallest absolute Gasteiger partial charge is 0.0705 e. The van der Waals surface area contributed by atoms with Crippen molar-refractivity contribution in [2.75, 3.05) is 5.73 Å². The molecular formula is C9H13ClN2O. The molecule has 4 heteroatoms. The van der Waals surface area contributed by atoms with Crippen molar-refractivity contribution in [1.82, 2.24) is 0 Å². The lowest BCUT2D eigenvalue weighted by Crippen LogP contribution is -2.24. The van der Waals surface area contributed by atoms with Crippen molar-refractivity contribution in [3.05, 3.63) is 28.8 Å². The number of benzene rings is 1. The summed E-state index contributed by atoms with van der Waals surface area (Å²) < 4.78 is 0. The summed E-state index contributed by atoms with van der Waals surface area (Å²) in [6.45, 7) is 1.62. The fourth-order valence-corrected chi connectivity index (χ4v) is 1.27. The van der Waals surface area contributed by atoms with Gasteiger partial charge in [0.15, 0.2) is 0 Å². The first-order valence-corrected chi connectivity index (χ1v) is 4.38. The minimum Gasteiger partial charge on any atom is -0.398 e. The van der Waals surface area contributed by atoms with E-state index in [1.54, 1.807) is 25.1 Å². The van der Waals surface area contributed by atoms with Crippen LogP contribution in [0.1, 0.15) is 18.5 Å². The molecule has 1 unspecified atom stereocenters. The summed E-state index contributed by atoms with van der Waals surface area (Å²) in [7, 11) is 0. The monoisotopic (exact) mass is 200 g/mol. The lowest BCUT2D eigenvalue weighted by molar-refractivity contribution is 0.164. The van der Waals surface area contributed by atoms with Gasteiger partial charge in [0.2, 0.25) is 0 Å². The van der Waals surface area contributed by atoms with Crippen LogP contribution in [0.5, 0.6) is 0 Å². The van der Waals surface area contributed by atoms with Crippen LogP contribution in [0.3, 0.4) is 0 Å². The van der Waals surface area contributed by atoms with E-state index in [0.29, 0.717) is 16.3 Å². The summed E-state index contributed by atoms with van der Waals surface area (Å²) in [5.41, 5.74) is 12.6. The number of hydrogen-bond acceptors (Lipinski definition) is 3. The fourth-order valence-electron chi connectivity index (χ4n) is 1.09. The highest BCUT2D eigenvalue weighted by molar-refractivity contribution is 6.30. The maximum atomic E-state index is 9.27. The maximum Gasteiger partial charge on any atom is 0.0705 e. The van der Waals surface area contributed by atoms with E-state index in [1.807, 2.05) is 0 Å². The molecule has 0 amide bonds. The van der Waals surface area contributed by atoms with Crippen LogP contribution in [0.25, 0.3) is 0 Å². The van der Waals surface area contributed by atoms with Crippen molar-refractivity contribution in [2.45, 2.75) is 19.1 Å². The molecule has 1 rings (SSSR count). The van der Waals surface area contributed by atoms with Crippen LogP contribution in [0.15, 0.2) is 18.2 Å². The van der Waals surface area contributed by atoms with E-state index in [-0.39, 0.29) is 0 Å². The number of nitrogen functional groups attached to an aromatic ring is 1. The molecule has 0 aliphatic carbocycles. The topological polar surface area (TPSA) is 72.3 Å². The van der Waals surface area contributed by atoms with E-state index in [0.717, 1.165) is 0 Å². The van der Waals surface area contributed by atoms with Crippen LogP contribution in [0, 0.1) is 0 Å². The Labute approximate surface area is 82.3 Å². The molecule has 13 heavy (non-hydrogen) atoms. The molecule has 0 saturated carbocycles. The number of nitrogens with two attached hydrogens (primary N) is 2. The number of anilines is 1. The molecule has 0 saturated heterocycles. The first kappa shape index (κ1) is 10.3. The van der Waals surface area contributed by atoms with E-state index in [2.05, 4.69) is 0 Å². The molecule has 0 aliphatic heterocycles. The molecule has 1 aromatic carbocycles. The molecule has 1 aromatic rings. The largest absolute Gasteiger partial charge is 0.398 e. The quantitative estimate of drug-likeness (QED) is 0.631. The maximum absolute atomic E-state index is 9.27. The van der Waals surface area contributed by atoms with Crippen LogP contribution in [0.4, 0.5) is 5.69 Å². The normalized spacial score (nSPS) is 15.4. The molecule has 0 spiro atoms. The highest BCUT2D eigenvalue weighted by atomic mass is 35.5. The average molecular weight is 201 g/mol. The summed E-state index contributed by atoms with van der Waals surface area (Å²) in [5, 5.41) is 9.84. The molecule has 0 aromatic heterocycles. The Morgan fingerprint density at radius 2 is 2.08 bits per heavy atom. The zero-order valence-corrected chi connectivity index (χ0v) is 8.12. The molecule has 0 bridgehead atoms. The summed E-state index contributed by atoms with van der Waals surface area (Å²) >= 11 is 5.77. The summed E-state index contributed by atoms with van der Waals surface area (Å²) in [5.74, 6) is 0. The highest BCUT2D eigenvalue weighted by Gasteiger charge is 2.14. The van der Waals surface area contributed by atoms with Crippen molar-refractivity contribution in [3.8, 4) is 0 Å². The minimum atomic E-state index is -0.638. The second kappa shape index (κ2) is 3.96. The lowest BCUT2D eigenvalue weighted by atomic mass is 10.0. The third-order valence-electron chi connectivity index (χ3n) is 1.93. The van der Waals surface area contributed by atoms with E-state index in [9.17, 15) is 5.11 Å². The Hall–Kier alpha value is -0.770. The van der Waals surface area contributed by atoms with Crippen molar-refractivity contribution >= 4 is 17.3 Å². The predicted octanol–water partition coefficient (Wildman–Crippen LogP) is 1.30. The molecule has 5 N–H and O–H groups in total. The fraction of sp³-hybridized carbons (Fsp3) is 0.333. The van der Waals surface area contributed by atoms with Gasteiger partial charge in [0, 0.05) is 10.7 Å². The molecular weight excluding hydrogens is 188 g/mol. The molecule has 0 radical (unpaired) electrons. The second-order valence-corrected chi connectivity index (χ2v) is 3.48. The van der Waals surface area contributed by atoms with Gasteiger partial charge in [-0.05, 0) is 30.7 Å². The van der Waals surface area contributed by atoms with Gasteiger partial charge in [-0.25, -0.2) is 0 Å². The van der Waals surface area contributed by atoms with Crippen LogP contribution in [-0.2, 0) is 0 Å². The summed E-state index contributed by atoms with van der Waals surface area (Å²) in [6.07, 6.45) is -0.638. The Balaban J connectivity index is 3.05. The van der Waals surface area contributed by atoms with Crippen LogP contribution >= 0.6 is 11.6 Å². The van der Waals surface area contributed by atoms with Crippen LogP contribution < -0.4 is 11.5 Å². The predicted molar refractivity (Wildman–Crippen MR) is 54.5 cm³/mol. The number of aliphatic hydroxyl groups is 1. The third-order valence-corrected chi connectivity index (χ3v) is 2.16. The van der Waals surface area contributed by atoms with Gasteiger partial charge in [0.05, 0.1) is 12.1 Å². The van der Waals surface area contributed by atoms with E-state index >= 15 is 0 Å². The standard InChI is InChI=1S/C9H13ClN2O/c1-5(13)9(12)7-4-6(10)2-3-8(7)11/h2-5,9,13H,11-12H2,1H3/t5?,9-/m0/s1. The van der Waals surface area contributed by atoms with Gasteiger partial charge in [-0.2, -0.15) is 0 Å². The van der Waals surface area contributed by atoms with Crippen molar-refractivity contribution in [2.24, 2.45) is 5.73 Å². The Bertz CT molecular complexity index is 302. The minimum absolute atomic E-state index is 0.487. The Morgan fingerprint density at radius 1 is 1.46 bits per heavy atom. The SMILES string of the molecule is CC(O)[C@H](N)c1cc(Cl)ccc1N. The highest BCUT2D eigenvalue weighted by Crippen LogP contribution is 2.24. The summed E-state index contributed by atoms with van der Waals surface area (Å²) in [4.78, 5) is 0. The van der Waals surface area contributed by atoms with Crippen LogP contribution in [0.2, 0.25) is 5.02 Å². The van der Waals surface area contributed by atoms with Crippen molar-refractivity contribution < 1.29 is 5.11 Å². The van der Waals surface area contributed by atoms with Gasteiger partial charge in [0.25, 0.3) is 0 Å². The zero-order valence-electron chi connectivity index (χ0n) is 7.37. The van der Waals surface area contributed by atoms with E-state index < -0.39 is 12.1 Å². The first-order valence-electron chi connectivity index (χ1n) is 4.01. The lowest BCUT2D eigenvalue weighted by Gasteiger charge is -2.17. The molecule has 0 fully saturated rings. The van der Waals surface area contributed by atoms with Gasteiger partial charge in [-0.1, -0.05) is 11.6 Å². The zero-order chi connectivity index (χ0) is 10.0. The van der Waals surface area contributed by atoms with Gasteiger partial charge in [-0.15, -0.1) is 0 Å². The number of halogens is 1. The summed E-state index contributed by atoms with van der Waals surface area (Å²) in [6, 6.07) is 4.56. The van der Waals surface area contributed by atoms with Gasteiger partial charge < -0.3 is 16.6 Å². The van der Waals surface area contributed by atoms with Gasteiger partial charge in [-0.3, -0.25) is 0 Å². The van der Waals surface area contributed by atoms with Crippen LogP contribution in [-0.4, -0.2) is 11.2 Å². The molecule has 2 atom stereocenters. The molecule has 0 heterocycles. The molecule has 3 nitrogen and oxygen atoms in total. The van der Waals surface area contributed by atoms with Gasteiger partial charge >= 0.3 is 0 Å². The third kappa shape index (κ3) is 2.34. The van der Waals surface area contributed by atoms with Crippen molar-refractivity contribution in [1.29, 1.82) is 0 Å². The molecule has 72 valence electrons. The Morgan fingerprint density at radius 3 is 2.62 bits per heavy atom. The Kier molecular flexibility index (Phi) is 3.14. The molecule has 0 aliphatic rings.